The van der Waals surface area contributed by atoms with Crippen molar-refractivity contribution in [2.24, 2.45) is 0 Å². The Hall–Kier alpha value is -0.160. The van der Waals surface area contributed by atoms with E-state index in [2.05, 4.69) is 31.9 Å². The summed E-state index contributed by atoms with van der Waals surface area (Å²) in [6, 6.07) is 3.00. The van der Waals surface area contributed by atoms with Gasteiger partial charge in [-0.15, -0.1) is 0 Å². The van der Waals surface area contributed by atoms with Crippen LogP contribution >= 0.6 is 31.9 Å². The summed E-state index contributed by atoms with van der Waals surface area (Å²) in [5.41, 5.74) is 6.06. The average Bonchev–Trinajstić information content (AvgIpc) is 2.26. The number of hydrogen-bond donors (Lipinski definition) is 1. The van der Waals surface area contributed by atoms with E-state index in [-0.39, 0.29) is 29.5 Å². The number of hydrogen-bond acceptors (Lipinski definition) is 5. The highest BCUT2D eigenvalue weighted by Crippen LogP contribution is 2.34. The van der Waals surface area contributed by atoms with Gasteiger partial charge in [-0.25, -0.2) is 16.8 Å². The van der Waals surface area contributed by atoms with Gasteiger partial charge >= 0.3 is 0 Å². The molecular formula is C10H12Br2N2O4S2. The van der Waals surface area contributed by atoms with Gasteiger partial charge in [0.25, 0.3) is 0 Å². The van der Waals surface area contributed by atoms with Gasteiger partial charge < -0.3 is 5.73 Å². The summed E-state index contributed by atoms with van der Waals surface area (Å²) >= 11 is 6.38. The van der Waals surface area contributed by atoms with E-state index in [9.17, 15) is 16.8 Å². The molecule has 1 aliphatic heterocycles. The Labute approximate surface area is 134 Å². The maximum atomic E-state index is 12.6. The van der Waals surface area contributed by atoms with Crippen molar-refractivity contribution >= 4 is 57.4 Å². The predicted octanol–water partition coefficient (Wildman–Crippen LogP) is 1.21. The smallest absolute Gasteiger partial charge is 0.245 e. The van der Waals surface area contributed by atoms with Crippen molar-refractivity contribution in [3.8, 4) is 0 Å². The summed E-state index contributed by atoms with van der Waals surface area (Å²) < 4.78 is 49.8. The van der Waals surface area contributed by atoms with Gasteiger partial charge in [-0.3, -0.25) is 0 Å². The largest absolute Gasteiger partial charge is 0.399 e. The first-order chi connectivity index (χ1) is 9.13. The molecule has 1 aromatic rings. The van der Waals surface area contributed by atoms with E-state index in [1.807, 2.05) is 0 Å². The molecule has 6 nitrogen and oxygen atoms in total. The second-order valence-corrected chi connectivity index (χ2v) is 10.3. The molecule has 1 saturated heterocycles. The molecule has 0 saturated carbocycles. The van der Waals surface area contributed by atoms with Gasteiger partial charge in [0.15, 0.2) is 9.84 Å². The Morgan fingerprint density at radius 3 is 2.00 bits per heavy atom. The Bertz CT molecular complexity index is 710. The SMILES string of the molecule is Nc1cc(Br)c(S(=O)(=O)N2CCS(=O)(=O)CC2)c(Br)c1. The van der Waals surface area contributed by atoms with E-state index < -0.39 is 19.9 Å². The number of benzene rings is 1. The van der Waals surface area contributed by atoms with Crippen molar-refractivity contribution in [1.29, 1.82) is 0 Å². The van der Waals surface area contributed by atoms with E-state index in [0.717, 1.165) is 0 Å². The molecule has 0 aromatic heterocycles. The lowest BCUT2D eigenvalue weighted by molar-refractivity contribution is 0.430. The summed E-state index contributed by atoms with van der Waals surface area (Å²) in [5, 5.41) is 0. The van der Waals surface area contributed by atoms with Crippen LogP contribution < -0.4 is 5.73 Å². The van der Waals surface area contributed by atoms with Crippen LogP contribution in [-0.2, 0) is 19.9 Å². The van der Waals surface area contributed by atoms with Gasteiger partial charge in [0.05, 0.1) is 11.5 Å². The van der Waals surface area contributed by atoms with Crippen LogP contribution in [0.3, 0.4) is 0 Å². The first kappa shape index (κ1) is 16.2. The van der Waals surface area contributed by atoms with Crippen LogP contribution in [0.4, 0.5) is 5.69 Å². The summed E-state index contributed by atoms with van der Waals surface area (Å²) in [6.07, 6.45) is 0. The highest BCUT2D eigenvalue weighted by molar-refractivity contribution is 9.11. The van der Waals surface area contributed by atoms with Crippen molar-refractivity contribution in [2.75, 3.05) is 30.3 Å². The molecule has 0 atom stereocenters. The zero-order valence-corrected chi connectivity index (χ0v) is 15.0. The Kier molecular flexibility index (Phi) is 4.51. The predicted molar refractivity (Wildman–Crippen MR) is 83.7 cm³/mol. The standard InChI is InChI=1S/C10H12Br2N2O4S2/c11-8-5-7(13)6-9(12)10(8)20(17,18)14-1-3-19(15,16)4-2-14/h5-6H,1-4,13H2. The van der Waals surface area contributed by atoms with Crippen molar-refractivity contribution in [2.45, 2.75) is 4.90 Å². The first-order valence-corrected chi connectivity index (χ1v) is 10.4. The van der Waals surface area contributed by atoms with Crippen molar-refractivity contribution in [3.05, 3.63) is 21.1 Å². The number of nitrogens with zero attached hydrogens (tertiary/aromatic N) is 1. The fraction of sp³-hybridized carbons (Fsp3) is 0.400. The van der Waals surface area contributed by atoms with E-state index in [0.29, 0.717) is 14.6 Å². The fourth-order valence-electron chi connectivity index (χ4n) is 1.89. The van der Waals surface area contributed by atoms with E-state index in [1.54, 1.807) is 0 Å². The monoisotopic (exact) mass is 446 g/mol. The Balaban J connectivity index is 2.42. The van der Waals surface area contributed by atoms with Crippen LogP contribution in [0.2, 0.25) is 0 Å². The number of sulfone groups is 1. The molecule has 2 N–H and O–H groups in total. The minimum Gasteiger partial charge on any atom is -0.399 e. The second kappa shape index (κ2) is 5.56. The lowest BCUT2D eigenvalue weighted by atomic mass is 10.3. The normalized spacial score (nSPS) is 19.9. The molecule has 112 valence electrons. The molecule has 0 spiro atoms. The average molecular weight is 448 g/mol. The molecule has 0 radical (unpaired) electrons. The van der Waals surface area contributed by atoms with Crippen LogP contribution in [0.15, 0.2) is 26.0 Å². The van der Waals surface area contributed by atoms with E-state index in [1.165, 1.54) is 16.4 Å². The number of sulfonamides is 1. The molecule has 1 fully saturated rings. The summed E-state index contributed by atoms with van der Waals surface area (Å²) in [5.74, 6) is -0.313. The van der Waals surface area contributed by atoms with Crippen LogP contribution in [0, 0.1) is 0 Å². The first-order valence-electron chi connectivity index (χ1n) is 5.58. The molecule has 20 heavy (non-hydrogen) atoms. The zero-order valence-electron chi connectivity index (χ0n) is 10.2. The molecule has 1 aromatic carbocycles. The van der Waals surface area contributed by atoms with Gasteiger partial charge in [-0.1, -0.05) is 0 Å². The summed E-state index contributed by atoms with van der Waals surface area (Å²) in [4.78, 5) is 0.0611. The minimum absolute atomic E-state index is 0.0338. The topological polar surface area (TPSA) is 97.5 Å². The van der Waals surface area contributed by atoms with Crippen LogP contribution in [0.25, 0.3) is 0 Å². The highest BCUT2D eigenvalue weighted by atomic mass is 79.9. The van der Waals surface area contributed by atoms with Crippen molar-refractivity contribution in [1.82, 2.24) is 4.31 Å². The van der Waals surface area contributed by atoms with Crippen molar-refractivity contribution in [3.63, 3.8) is 0 Å². The third kappa shape index (κ3) is 3.19. The number of anilines is 1. The molecule has 1 heterocycles. The maximum Gasteiger partial charge on any atom is 0.245 e. The third-order valence-corrected chi connectivity index (χ3v) is 8.31. The van der Waals surface area contributed by atoms with Gasteiger partial charge in [0.2, 0.25) is 10.0 Å². The number of rotatable bonds is 2. The highest BCUT2D eigenvalue weighted by Gasteiger charge is 2.33. The lowest BCUT2D eigenvalue weighted by Gasteiger charge is -2.26. The minimum atomic E-state index is -3.77. The van der Waals surface area contributed by atoms with Gasteiger partial charge in [-0.05, 0) is 44.0 Å². The van der Waals surface area contributed by atoms with Gasteiger partial charge in [-0.2, -0.15) is 4.31 Å². The molecule has 0 unspecified atom stereocenters. The lowest BCUT2D eigenvalue weighted by Crippen LogP contribution is -2.43. The van der Waals surface area contributed by atoms with E-state index >= 15 is 0 Å². The summed E-state index contributed by atoms with van der Waals surface area (Å²) in [6.45, 7) is -0.0676. The Morgan fingerprint density at radius 1 is 1.10 bits per heavy atom. The van der Waals surface area contributed by atoms with Crippen molar-refractivity contribution < 1.29 is 16.8 Å². The quantitative estimate of drug-likeness (QED) is 0.687. The zero-order chi connectivity index (χ0) is 15.1. The molecule has 0 aliphatic carbocycles. The van der Waals surface area contributed by atoms with Crippen LogP contribution in [-0.4, -0.2) is 45.7 Å². The second-order valence-electron chi connectivity index (χ2n) is 4.37. The molecule has 0 amide bonds. The number of nitrogen functional groups attached to an aromatic ring is 1. The number of halogens is 2. The fourth-order valence-corrected chi connectivity index (χ4v) is 7.30. The molecule has 1 aliphatic rings. The summed E-state index contributed by atoms with van der Waals surface area (Å²) in [7, 11) is -6.91. The number of nitrogens with two attached hydrogens (primary N) is 1. The molecule has 0 bridgehead atoms. The Morgan fingerprint density at radius 2 is 1.55 bits per heavy atom. The van der Waals surface area contributed by atoms with Crippen LogP contribution in [0.1, 0.15) is 0 Å². The van der Waals surface area contributed by atoms with E-state index in [4.69, 9.17) is 5.73 Å². The van der Waals surface area contributed by atoms with Crippen LogP contribution in [0.5, 0.6) is 0 Å². The molecular weight excluding hydrogens is 436 g/mol. The third-order valence-electron chi connectivity index (χ3n) is 2.92. The molecule has 2 rings (SSSR count). The van der Waals surface area contributed by atoms with Gasteiger partial charge in [0, 0.05) is 27.7 Å². The van der Waals surface area contributed by atoms with Gasteiger partial charge in [0.1, 0.15) is 4.90 Å². The molecule has 10 heteroatoms. The maximum absolute atomic E-state index is 12.6.